The molecule has 28 heavy (non-hydrogen) atoms. The number of carbonyl (C=O) groups excluding carboxylic acids is 2. The third-order valence-electron chi connectivity index (χ3n) is 4.25. The van der Waals surface area contributed by atoms with Crippen molar-refractivity contribution in [2.75, 3.05) is 6.61 Å². The van der Waals surface area contributed by atoms with E-state index in [1.54, 1.807) is 27.7 Å². The molecule has 2 aliphatic heterocycles. The number of carbonyl (C=O) groups is 3. The summed E-state index contributed by atoms with van der Waals surface area (Å²) in [7, 11) is 0. The van der Waals surface area contributed by atoms with Crippen LogP contribution >= 0.6 is 0 Å². The fourth-order valence-corrected chi connectivity index (χ4v) is 3.39. The molecule has 10 heteroatoms. The second-order valence-corrected chi connectivity index (χ2v) is 7.75. The summed E-state index contributed by atoms with van der Waals surface area (Å²) >= 11 is 0. The Labute approximate surface area is 163 Å². The molecule has 0 bridgehead atoms. The summed E-state index contributed by atoms with van der Waals surface area (Å²) in [6, 6.07) is 0. The average Bonchev–Trinajstić information content (AvgIpc) is 3.02. The highest BCUT2D eigenvalue weighted by atomic mass is 16.8. The summed E-state index contributed by atoms with van der Waals surface area (Å²) in [6.45, 7) is 9.25. The van der Waals surface area contributed by atoms with Gasteiger partial charge in [0.25, 0.3) is 0 Å². The van der Waals surface area contributed by atoms with Crippen LogP contribution in [0.25, 0.3) is 0 Å². The van der Waals surface area contributed by atoms with Crippen LogP contribution in [0.4, 0.5) is 0 Å². The maximum atomic E-state index is 11.7. The number of ether oxygens (including phenoxy) is 6. The number of hydrogen-bond donors (Lipinski definition) is 1. The molecule has 0 saturated carbocycles. The Bertz CT molecular complexity index is 597. The van der Waals surface area contributed by atoms with Gasteiger partial charge >= 0.3 is 17.9 Å². The van der Waals surface area contributed by atoms with Crippen molar-refractivity contribution in [2.24, 2.45) is 0 Å². The van der Waals surface area contributed by atoms with Crippen molar-refractivity contribution in [3.05, 3.63) is 0 Å². The lowest BCUT2D eigenvalue weighted by atomic mass is 9.97. The van der Waals surface area contributed by atoms with Crippen LogP contribution < -0.4 is 0 Å². The van der Waals surface area contributed by atoms with Gasteiger partial charge in [-0.05, 0) is 27.7 Å². The highest BCUT2D eigenvalue weighted by molar-refractivity contribution is 5.70. The van der Waals surface area contributed by atoms with Gasteiger partial charge in [-0.25, -0.2) is 0 Å². The lowest BCUT2D eigenvalue weighted by Gasteiger charge is -2.32. The summed E-state index contributed by atoms with van der Waals surface area (Å²) in [5.41, 5.74) is 0. The third-order valence-corrected chi connectivity index (χ3v) is 4.25. The fourth-order valence-electron chi connectivity index (χ4n) is 3.39. The number of carboxylic acid groups (broad SMARTS) is 1. The third kappa shape index (κ3) is 5.87. The van der Waals surface area contributed by atoms with Crippen LogP contribution in [0.3, 0.4) is 0 Å². The van der Waals surface area contributed by atoms with Crippen molar-refractivity contribution < 1.29 is 47.9 Å². The molecular weight excluding hydrogens is 376 g/mol. The standard InChI is InChI=1S/C18H28O10/c1-9(19)24-11(7-13(21)22)15-16(28-18(5,6)27-15)14(25-10(2)20)12-8-23-17(3,4)26-12/h11-12,14-16H,7-8H2,1-6H3,(H,21,22)/t11?,12-,14-,15-,16+/m1/s1. The molecule has 10 nitrogen and oxygen atoms in total. The van der Waals surface area contributed by atoms with Gasteiger partial charge < -0.3 is 33.5 Å². The fraction of sp³-hybridized carbons (Fsp3) is 0.833. The Hall–Kier alpha value is -1.75. The predicted octanol–water partition coefficient (Wildman–Crippen LogP) is 0.996. The number of carboxylic acids is 1. The first-order valence-corrected chi connectivity index (χ1v) is 9.03. The zero-order chi connectivity index (χ0) is 21.3. The van der Waals surface area contributed by atoms with Crippen LogP contribution in [0.5, 0.6) is 0 Å². The van der Waals surface area contributed by atoms with E-state index in [2.05, 4.69) is 0 Å². The van der Waals surface area contributed by atoms with E-state index in [0.717, 1.165) is 0 Å². The SMILES string of the molecule is CC(=O)OC(CC(=O)O)[C@H]1OC(C)(C)O[C@H]1[C@H](OC(C)=O)[C@H]1COC(C)(C)O1. The normalized spacial score (nSPS) is 30.4. The first-order chi connectivity index (χ1) is 12.8. The largest absolute Gasteiger partial charge is 0.481 e. The van der Waals surface area contributed by atoms with E-state index < -0.39 is 66.4 Å². The molecule has 1 N–H and O–H groups in total. The lowest BCUT2D eigenvalue weighted by molar-refractivity contribution is -0.193. The van der Waals surface area contributed by atoms with Crippen molar-refractivity contribution in [1.29, 1.82) is 0 Å². The summed E-state index contributed by atoms with van der Waals surface area (Å²) in [6.07, 6.45) is -5.21. The van der Waals surface area contributed by atoms with Crippen molar-refractivity contribution >= 4 is 17.9 Å². The van der Waals surface area contributed by atoms with Gasteiger partial charge in [-0.2, -0.15) is 0 Å². The molecule has 2 aliphatic rings. The molecule has 0 radical (unpaired) electrons. The van der Waals surface area contributed by atoms with Crippen LogP contribution in [0.1, 0.15) is 48.0 Å². The molecule has 0 aromatic heterocycles. The quantitative estimate of drug-likeness (QED) is 0.614. The summed E-state index contributed by atoms with van der Waals surface area (Å²) in [5.74, 6) is -4.43. The molecular formula is C18H28O10. The van der Waals surface area contributed by atoms with Gasteiger partial charge in [0.15, 0.2) is 17.7 Å². The van der Waals surface area contributed by atoms with Gasteiger partial charge in [0, 0.05) is 13.8 Å². The van der Waals surface area contributed by atoms with E-state index in [9.17, 15) is 19.5 Å². The average molecular weight is 404 g/mol. The number of esters is 2. The minimum absolute atomic E-state index is 0.134. The van der Waals surface area contributed by atoms with Crippen LogP contribution in [-0.2, 0) is 42.8 Å². The molecule has 0 amide bonds. The second-order valence-electron chi connectivity index (χ2n) is 7.75. The minimum atomic E-state index is -1.18. The summed E-state index contributed by atoms with van der Waals surface area (Å²) in [5, 5.41) is 9.22. The van der Waals surface area contributed by atoms with Gasteiger partial charge in [-0.15, -0.1) is 0 Å². The predicted molar refractivity (Wildman–Crippen MR) is 92.1 cm³/mol. The summed E-state index contributed by atoms with van der Waals surface area (Å²) in [4.78, 5) is 34.5. The Balaban J connectivity index is 2.35. The van der Waals surface area contributed by atoms with Crippen LogP contribution in [0, 0.1) is 0 Å². The highest BCUT2D eigenvalue weighted by Crippen LogP contribution is 2.38. The van der Waals surface area contributed by atoms with Crippen molar-refractivity contribution in [3.8, 4) is 0 Å². The molecule has 0 aromatic rings. The Morgan fingerprint density at radius 2 is 1.54 bits per heavy atom. The maximum absolute atomic E-state index is 11.7. The maximum Gasteiger partial charge on any atom is 0.307 e. The van der Waals surface area contributed by atoms with Gasteiger partial charge in [-0.3, -0.25) is 14.4 Å². The van der Waals surface area contributed by atoms with E-state index in [1.165, 1.54) is 13.8 Å². The van der Waals surface area contributed by atoms with Gasteiger partial charge in [0.05, 0.1) is 13.0 Å². The molecule has 1 unspecified atom stereocenters. The zero-order valence-electron chi connectivity index (χ0n) is 16.9. The van der Waals surface area contributed by atoms with E-state index in [1.807, 2.05) is 0 Å². The molecule has 2 fully saturated rings. The Kier molecular flexibility index (Phi) is 6.70. The van der Waals surface area contributed by atoms with Crippen LogP contribution in [0.2, 0.25) is 0 Å². The smallest absolute Gasteiger partial charge is 0.307 e. The lowest BCUT2D eigenvalue weighted by Crippen LogP contribution is -2.51. The molecule has 2 heterocycles. The number of aliphatic carboxylic acids is 1. The van der Waals surface area contributed by atoms with Crippen molar-refractivity contribution in [3.63, 3.8) is 0 Å². The van der Waals surface area contributed by atoms with E-state index in [0.29, 0.717) is 0 Å². The summed E-state index contributed by atoms with van der Waals surface area (Å²) < 4.78 is 33.8. The molecule has 0 spiro atoms. The highest BCUT2D eigenvalue weighted by Gasteiger charge is 2.55. The van der Waals surface area contributed by atoms with Crippen molar-refractivity contribution in [2.45, 2.75) is 90.1 Å². The number of rotatable bonds is 7. The molecule has 5 atom stereocenters. The van der Waals surface area contributed by atoms with E-state index in [-0.39, 0.29) is 6.61 Å². The van der Waals surface area contributed by atoms with E-state index >= 15 is 0 Å². The van der Waals surface area contributed by atoms with Gasteiger partial charge in [0.1, 0.15) is 24.4 Å². The Morgan fingerprint density at radius 1 is 0.964 bits per heavy atom. The first kappa shape index (κ1) is 22.5. The monoisotopic (exact) mass is 404 g/mol. The molecule has 160 valence electrons. The molecule has 0 aromatic carbocycles. The molecule has 2 rings (SSSR count). The Morgan fingerprint density at radius 3 is 2.00 bits per heavy atom. The molecule has 2 saturated heterocycles. The van der Waals surface area contributed by atoms with Gasteiger partial charge in [0.2, 0.25) is 0 Å². The topological polar surface area (TPSA) is 127 Å². The van der Waals surface area contributed by atoms with Crippen molar-refractivity contribution in [1.82, 2.24) is 0 Å². The number of hydrogen-bond acceptors (Lipinski definition) is 9. The second kappa shape index (κ2) is 8.32. The minimum Gasteiger partial charge on any atom is -0.481 e. The first-order valence-electron chi connectivity index (χ1n) is 9.03. The van der Waals surface area contributed by atoms with E-state index in [4.69, 9.17) is 28.4 Å². The van der Waals surface area contributed by atoms with Crippen LogP contribution in [-0.4, -0.2) is 71.7 Å². The van der Waals surface area contributed by atoms with Gasteiger partial charge in [-0.1, -0.05) is 0 Å². The molecule has 0 aliphatic carbocycles. The zero-order valence-corrected chi connectivity index (χ0v) is 16.9. The van der Waals surface area contributed by atoms with Crippen LogP contribution in [0.15, 0.2) is 0 Å².